The van der Waals surface area contributed by atoms with E-state index < -0.39 is 5.97 Å². The number of hydrogen-bond acceptors (Lipinski definition) is 4. The van der Waals surface area contributed by atoms with E-state index in [0.29, 0.717) is 12.8 Å². The zero-order valence-corrected chi connectivity index (χ0v) is 27.5. The van der Waals surface area contributed by atoms with E-state index >= 15 is 0 Å². The summed E-state index contributed by atoms with van der Waals surface area (Å²) in [5, 5.41) is 11.0. The van der Waals surface area contributed by atoms with Crippen LogP contribution < -0.4 is 5.32 Å². The van der Waals surface area contributed by atoms with Gasteiger partial charge in [-0.3, -0.25) is 14.4 Å². The Kier molecular flexibility index (Phi) is 30.3. The molecule has 6 heteroatoms. The highest BCUT2D eigenvalue weighted by molar-refractivity contribution is 5.80. The molecule has 0 aromatic heterocycles. The monoisotopic (exact) mass is 601 g/mol. The number of esters is 1. The molecule has 1 amide bonds. The van der Waals surface area contributed by atoms with Crippen molar-refractivity contribution < 1.29 is 24.2 Å². The largest absolute Gasteiger partial charge is 0.480 e. The Balaban J connectivity index is 4.24. The van der Waals surface area contributed by atoms with Crippen LogP contribution in [0.4, 0.5) is 0 Å². The normalized spacial score (nSPS) is 12.6. The molecule has 1 unspecified atom stereocenters. The van der Waals surface area contributed by atoms with Gasteiger partial charge in [-0.25, -0.2) is 0 Å². The summed E-state index contributed by atoms with van der Waals surface area (Å²) < 4.78 is 5.83. The third-order valence-electron chi connectivity index (χ3n) is 7.22. The summed E-state index contributed by atoms with van der Waals surface area (Å²) >= 11 is 0. The number of unbranched alkanes of at least 4 members (excludes halogenated alkanes) is 13. The molecule has 0 rings (SSSR count). The average molecular weight is 602 g/mol. The summed E-state index contributed by atoms with van der Waals surface area (Å²) in [5.41, 5.74) is 0. The number of allylic oxidation sites excluding steroid dienone is 7. The average Bonchev–Trinajstić information content (AvgIpc) is 2.99. The van der Waals surface area contributed by atoms with E-state index in [4.69, 9.17) is 9.84 Å². The standard InChI is InChI=1S/C37H63NO5/c1-3-5-7-9-11-13-14-15-16-17-18-20-22-28-32-37(42)43-34(29-25-21-19-12-10-8-6-4-2)30-26-23-24-27-31-35(39)38-33-36(40)41/h6,8,12,14-15,19,25,29,34H,3-5,7,9-11,13,16-18,20-24,26-28,30-33H2,1-2H3,(H,38,39)(H,40,41)/b8-6-,15-14-,19-12-,29-25-. The predicted octanol–water partition coefficient (Wildman–Crippen LogP) is 9.95. The number of amides is 1. The van der Waals surface area contributed by atoms with Crippen molar-refractivity contribution in [3.63, 3.8) is 0 Å². The Morgan fingerprint density at radius 2 is 1.21 bits per heavy atom. The minimum absolute atomic E-state index is 0.119. The van der Waals surface area contributed by atoms with Crippen LogP contribution in [0.15, 0.2) is 48.6 Å². The smallest absolute Gasteiger partial charge is 0.322 e. The quantitative estimate of drug-likeness (QED) is 0.0485. The molecule has 0 aromatic rings. The molecule has 0 aliphatic rings. The predicted molar refractivity (Wildman–Crippen MR) is 180 cm³/mol. The SMILES string of the molecule is CC/C=C\C/C=C\C/C=C\C(CCCCCCC(=O)NCC(=O)O)OC(=O)CCCCCCC/C=C\CCCCCCC. The van der Waals surface area contributed by atoms with Crippen LogP contribution in [0, 0.1) is 0 Å². The molecule has 0 spiro atoms. The maximum Gasteiger partial charge on any atom is 0.322 e. The van der Waals surface area contributed by atoms with Crippen molar-refractivity contribution in [2.24, 2.45) is 0 Å². The van der Waals surface area contributed by atoms with Gasteiger partial charge in [0.05, 0.1) is 0 Å². The van der Waals surface area contributed by atoms with E-state index in [9.17, 15) is 14.4 Å². The summed E-state index contributed by atoms with van der Waals surface area (Å²) in [6.07, 6.45) is 39.6. The van der Waals surface area contributed by atoms with Crippen LogP contribution in [-0.4, -0.2) is 35.6 Å². The van der Waals surface area contributed by atoms with Crippen molar-refractivity contribution in [1.29, 1.82) is 0 Å². The molecule has 0 aliphatic heterocycles. The van der Waals surface area contributed by atoms with Gasteiger partial charge in [-0.15, -0.1) is 0 Å². The highest BCUT2D eigenvalue weighted by Crippen LogP contribution is 2.14. The highest BCUT2D eigenvalue weighted by atomic mass is 16.5. The lowest BCUT2D eigenvalue weighted by atomic mass is 10.1. The molecular formula is C37H63NO5. The van der Waals surface area contributed by atoms with Crippen LogP contribution in [0.3, 0.4) is 0 Å². The van der Waals surface area contributed by atoms with Crippen molar-refractivity contribution in [2.75, 3.05) is 6.54 Å². The molecule has 6 nitrogen and oxygen atoms in total. The van der Waals surface area contributed by atoms with E-state index in [1.54, 1.807) is 0 Å². The lowest BCUT2D eigenvalue weighted by Gasteiger charge is -2.14. The number of ether oxygens (including phenoxy) is 1. The maximum atomic E-state index is 12.6. The van der Waals surface area contributed by atoms with Crippen molar-refractivity contribution in [2.45, 2.75) is 161 Å². The summed E-state index contributed by atoms with van der Waals surface area (Å²) in [6, 6.07) is 0. The lowest BCUT2D eigenvalue weighted by Crippen LogP contribution is -2.28. The molecule has 0 bridgehead atoms. The van der Waals surface area contributed by atoms with Gasteiger partial charge in [-0.1, -0.05) is 114 Å². The Labute approximate surface area is 263 Å². The third kappa shape index (κ3) is 32.1. The van der Waals surface area contributed by atoms with Crippen molar-refractivity contribution in [3.05, 3.63) is 48.6 Å². The molecule has 0 aromatic carbocycles. The fourth-order valence-corrected chi connectivity index (χ4v) is 4.68. The number of carbonyl (C=O) groups excluding carboxylic acids is 2. The molecule has 43 heavy (non-hydrogen) atoms. The van der Waals surface area contributed by atoms with Crippen LogP contribution in [0.1, 0.15) is 155 Å². The summed E-state index contributed by atoms with van der Waals surface area (Å²) in [7, 11) is 0. The highest BCUT2D eigenvalue weighted by Gasteiger charge is 2.11. The van der Waals surface area contributed by atoms with Crippen molar-refractivity contribution in [1.82, 2.24) is 5.32 Å². The first-order valence-corrected chi connectivity index (χ1v) is 17.3. The molecule has 0 fully saturated rings. The van der Waals surface area contributed by atoms with Crippen molar-refractivity contribution in [3.8, 4) is 0 Å². The summed E-state index contributed by atoms with van der Waals surface area (Å²) in [6.45, 7) is 4.05. The van der Waals surface area contributed by atoms with Gasteiger partial charge in [0.15, 0.2) is 0 Å². The Morgan fingerprint density at radius 3 is 1.86 bits per heavy atom. The summed E-state index contributed by atoms with van der Waals surface area (Å²) in [5.74, 6) is -1.38. The number of carboxylic acids is 1. The second kappa shape index (κ2) is 32.3. The molecular weight excluding hydrogens is 538 g/mol. The second-order valence-electron chi connectivity index (χ2n) is 11.4. The molecule has 0 saturated carbocycles. The molecule has 0 heterocycles. The molecule has 2 N–H and O–H groups in total. The van der Waals surface area contributed by atoms with E-state index in [1.165, 1.54) is 51.4 Å². The molecule has 246 valence electrons. The minimum atomic E-state index is -1.03. The van der Waals surface area contributed by atoms with Gasteiger partial charge in [0.1, 0.15) is 12.6 Å². The van der Waals surface area contributed by atoms with Gasteiger partial charge < -0.3 is 15.2 Å². The van der Waals surface area contributed by atoms with E-state index in [0.717, 1.165) is 77.0 Å². The lowest BCUT2D eigenvalue weighted by molar-refractivity contribution is -0.147. The van der Waals surface area contributed by atoms with Gasteiger partial charge in [-0.05, 0) is 76.7 Å². The first kappa shape index (κ1) is 40.4. The van der Waals surface area contributed by atoms with Crippen LogP contribution >= 0.6 is 0 Å². The van der Waals surface area contributed by atoms with E-state index in [2.05, 4.69) is 61.7 Å². The van der Waals surface area contributed by atoms with Gasteiger partial charge in [0, 0.05) is 12.8 Å². The zero-order valence-electron chi connectivity index (χ0n) is 27.5. The van der Waals surface area contributed by atoms with Crippen LogP contribution in [0.25, 0.3) is 0 Å². The number of nitrogens with one attached hydrogen (secondary N) is 1. The van der Waals surface area contributed by atoms with Crippen molar-refractivity contribution >= 4 is 17.8 Å². The van der Waals surface area contributed by atoms with E-state index in [1.807, 2.05) is 6.08 Å². The first-order chi connectivity index (χ1) is 21.0. The van der Waals surface area contributed by atoms with Crippen LogP contribution in [0.2, 0.25) is 0 Å². The molecule has 0 radical (unpaired) electrons. The fraction of sp³-hybridized carbons (Fsp3) is 0.703. The number of carboxylic acid groups (broad SMARTS) is 1. The summed E-state index contributed by atoms with van der Waals surface area (Å²) in [4.78, 5) is 34.7. The van der Waals surface area contributed by atoms with Gasteiger partial charge in [-0.2, -0.15) is 0 Å². The van der Waals surface area contributed by atoms with Crippen LogP contribution in [-0.2, 0) is 19.1 Å². The zero-order chi connectivity index (χ0) is 31.6. The van der Waals surface area contributed by atoms with E-state index in [-0.39, 0.29) is 24.5 Å². The van der Waals surface area contributed by atoms with Gasteiger partial charge in [0.25, 0.3) is 0 Å². The topological polar surface area (TPSA) is 92.7 Å². The minimum Gasteiger partial charge on any atom is -0.480 e. The second-order valence-corrected chi connectivity index (χ2v) is 11.4. The fourth-order valence-electron chi connectivity index (χ4n) is 4.68. The first-order valence-electron chi connectivity index (χ1n) is 17.3. The molecule has 0 aliphatic carbocycles. The number of rotatable bonds is 30. The van der Waals surface area contributed by atoms with Crippen LogP contribution in [0.5, 0.6) is 0 Å². The molecule has 1 atom stereocenters. The van der Waals surface area contributed by atoms with Gasteiger partial charge in [0.2, 0.25) is 5.91 Å². The van der Waals surface area contributed by atoms with Gasteiger partial charge >= 0.3 is 11.9 Å². The maximum absolute atomic E-state index is 12.6. The number of hydrogen-bond donors (Lipinski definition) is 2. The number of aliphatic carboxylic acids is 1. The third-order valence-corrected chi connectivity index (χ3v) is 7.22. The Hall–Kier alpha value is -2.63. The Bertz CT molecular complexity index is 799. The Morgan fingerprint density at radius 1 is 0.651 bits per heavy atom. The number of carbonyl (C=O) groups is 3. The molecule has 0 saturated heterocycles.